The Hall–Kier alpha value is -3.12. The standard InChI is InChI=1S/C29H30F2N2O2/c30-22-9-13-26(14-10-22)35-29-27(17-23(31)18-32-29)28(34)8-4-7-21-15-24-11-12-25(16-21)33(24)19-20-5-2-1-3-6-20/h1-3,5-6,9-10,13-14,17-18,21,24-25H,4,7-8,11-12,15-16,19H2/t21?,24-,25+. The maximum absolute atomic E-state index is 13.9. The fourth-order valence-corrected chi connectivity index (χ4v) is 5.68. The first-order valence-electron chi connectivity index (χ1n) is 12.5. The second-order valence-corrected chi connectivity index (χ2v) is 9.76. The van der Waals surface area contributed by atoms with E-state index >= 15 is 0 Å². The lowest BCUT2D eigenvalue weighted by Crippen LogP contribution is -2.42. The van der Waals surface area contributed by atoms with E-state index in [2.05, 4.69) is 40.2 Å². The molecular weight excluding hydrogens is 446 g/mol. The second kappa shape index (κ2) is 10.6. The van der Waals surface area contributed by atoms with Gasteiger partial charge in [-0.05, 0) is 80.3 Å². The fourth-order valence-electron chi connectivity index (χ4n) is 5.68. The van der Waals surface area contributed by atoms with Gasteiger partial charge >= 0.3 is 0 Å². The molecule has 0 radical (unpaired) electrons. The van der Waals surface area contributed by atoms with Gasteiger partial charge in [0.2, 0.25) is 5.88 Å². The van der Waals surface area contributed by atoms with Gasteiger partial charge in [0.05, 0.1) is 11.8 Å². The van der Waals surface area contributed by atoms with Crippen molar-refractivity contribution in [3.05, 3.63) is 89.6 Å². The molecule has 2 bridgehead atoms. The minimum atomic E-state index is -0.581. The van der Waals surface area contributed by atoms with Crippen LogP contribution in [0.4, 0.5) is 8.78 Å². The van der Waals surface area contributed by atoms with Crippen molar-refractivity contribution in [3.63, 3.8) is 0 Å². The van der Waals surface area contributed by atoms with Crippen LogP contribution in [0.5, 0.6) is 11.6 Å². The van der Waals surface area contributed by atoms with Gasteiger partial charge < -0.3 is 4.74 Å². The Bertz CT molecular complexity index is 1140. The van der Waals surface area contributed by atoms with Crippen LogP contribution < -0.4 is 4.74 Å². The van der Waals surface area contributed by atoms with E-state index in [1.165, 1.54) is 61.6 Å². The Kier molecular flexibility index (Phi) is 7.19. The van der Waals surface area contributed by atoms with E-state index in [0.717, 1.165) is 25.6 Å². The number of fused-ring (bicyclic) bond motifs is 2. The van der Waals surface area contributed by atoms with E-state index in [0.29, 0.717) is 30.2 Å². The van der Waals surface area contributed by atoms with Crippen LogP contribution in [-0.4, -0.2) is 27.8 Å². The summed E-state index contributed by atoms with van der Waals surface area (Å²) in [5.74, 6) is -0.138. The first-order valence-corrected chi connectivity index (χ1v) is 12.5. The van der Waals surface area contributed by atoms with E-state index < -0.39 is 5.82 Å². The quantitative estimate of drug-likeness (QED) is 0.314. The van der Waals surface area contributed by atoms with Crippen LogP contribution in [0, 0.1) is 17.6 Å². The number of benzene rings is 2. The minimum Gasteiger partial charge on any atom is -0.438 e. The van der Waals surface area contributed by atoms with E-state index in [1.807, 2.05) is 0 Å². The van der Waals surface area contributed by atoms with Crippen molar-refractivity contribution in [1.29, 1.82) is 0 Å². The molecule has 1 unspecified atom stereocenters. The van der Waals surface area contributed by atoms with Gasteiger partial charge in [-0.1, -0.05) is 30.3 Å². The van der Waals surface area contributed by atoms with Crippen LogP contribution in [0.3, 0.4) is 0 Å². The summed E-state index contributed by atoms with van der Waals surface area (Å²) in [7, 11) is 0. The molecule has 2 aliphatic heterocycles. The normalized spacial score (nSPS) is 21.7. The number of carbonyl (C=O) groups is 1. The predicted molar refractivity (Wildman–Crippen MR) is 130 cm³/mol. The number of piperidine rings is 1. The zero-order valence-electron chi connectivity index (χ0n) is 19.7. The Labute approximate surface area is 204 Å². The molecule has 3 atom stereocenters. The van der Waals surface area contributed by atoms with Gasteiger partial charge in [0.15, 0.2) is 5.78 Å². The Balaban J connectivity index is 1.15. The highest BCUT2D eigenvalue weighted by molar-refractivity contribution is 5.98. The maximum Gasteiger partial charge on any atom is 0.230 e. The molecule has 6 heteroatoms. The fraction of sp³-hybridized carbons (Fsp3) is 0.379. The first-order chi connectivity index (χ1) is 17.0. The van der Waals surface area contributed by atoms with Crippen molar-refractivity contribution in [1.82, 2.24) is 9.88 Å². The van der Waals surface area contributed by atoms with Crippen molar-refractivity contribution in [2.45, 2.75) is 63.6 Å². The topological polar surface area (TPSA) is 42.4 Å². The number of nitrogens with zero attached hydrogens (tertiary/aromatic N) is 2. The molecule has 1 aromatic heterocycles. The number of hydrogen-bond donors (Lipinski definition) is 0. The summed E-state index contributed by atoms with van der Waals surface area (Å²) in [6, 6.07) is 18.5. The van der Waals surface area contributed by atoms with E-state index in [1.54, 1.807) is 0 Å². The van der Waals surface area contributed by atoms with Crippen molar-refractivity contribution in [2.24, 2.45) is 5.92 Å². The van der Waals surface area contributed by atoms with Crippen LogP contribution in [0.25, 0.3) is 0 Å². The zero-order valence-corrected chi connectivity index (χ0v) is 19.7. The highest BCUT2D eigenvalue weighted by Crippen LogP contribution is 2.41. The minimum absolute atomic E-state index is 0.0512. The third-order valence-electron chi connectivity index (χ3n) is 7.35. The van der Waals surface area contributed by atoms with Crippen molar-refractivity contribution in [2.75, 3.05) is 0 Å². The summed E-state index contributed by atoms with van der Waals surface area (Å²) < 4.78 is 32.7. The van der Waals surface area contributed by atoms with Crippen LogP contribution in [0.1, 0.15) is 60.9 Å². The van der Waals surface area contributed by atoms with Gasteiger partial charge in [-0.3, -0.25) is 9.69 Å². The number of ether oxygens (including phenoxy) is 1. The van der Waals surface area contributed by atoms with Gasteiger partial charge in [0.1, 0.15) is 17.4 Å². The molecule has 2 aromatic carbocycles. The average Bonchev–Trinajstić information content (AvgIpc) is 3.09. The highest BCUT2D eigenvalue weighted by atomic mass is 19.1. The summed E-state index contributed by atoms with van der Waals surface area (Å²) in [6.45, 7) is 1.02. The number of rotatable bonds is 9. The molecule has 5 rings (SSSR count). The SMILES string of the molecule is O=C(CCCC1C[C@H]2CC[C@@H](C1)N2Cc1ccccc1)c1cc(F)cnc1Oc1ccc(F)cc1. The smallest absolute Gasteiger partial charge is 0.230 e. The second-order valence-electron chi connectivity index (χ2n) is 9.76. The molecule has 4 nitrogen and oxygen atoms in total. The molecule has 2 fully saturated rings. The predicted octanol–water partition coefficient (Wildman–Crippen LogP) is 6.95. The lowest BCUT2D eigenvalue weighted by atomic mass is 9.86. The summed E-state index contributed by atoms with van der Waals surface area (Å²) in [6.07, 6.45) is 7.97. The number of hydrogen-bond acceptors (Lipinski definition) is 4. The summed E-state index contributed by atoms with van der Waals surface area (Å²) in [5.41, 5.74) is 1.50. The number of carbonyl (C=O) groups excluding carboxylic acids is 1. The Morgan fingerprint density at radius 2 is 1.69 bits per heavy atom. The number of ketones is 1. The van der Waals surface area contributed by atoms with Crippen LogP contribution in [0.15, 0.2) is 66.9 Å². The molecular formula is C29H30F2N2O2. The van der Waals surface area contributed by atoms with Gasteiger partial charge in [-0.15, -0.1) is 0 Å². The van der Waals surface area contributed by atoms with E-state index in [9.17, 15) is 13.6 Å². The highest BCUT2D eigenvalue weighted by Gasteiger charge is 2.40. The molecule has 0 spiro atoms. The number of pyridine rings is 1. The molecule has 35 heavy (non-hydrogen) atoms. The van der Waals surface area contributed by atoms with Crippen molar-refractivity contribution >= 4 is 5.78 Å². The van der Waals surface area contributed by atoms with Crippen molar-refractivity contribution in [3.8, 4) is 11.6 Å². The molecule has 182 valence electrons. The molecule has 0 amide bonds. The third-order valence-corrected chi connectivity index (χ3v) is 7.35. The number of halogens is 2. The summed E-state index contributed by atoms with van der Waals surface area (Å²) in [4.78, 5) is 19.6. The molecule has 2 saturated heterocycles. The van der Waals surface area contributed by atoms with E-state index in [4.69, 9.17) is 4.74 Å². The molecule has 2 aliphatic rings. The monoisotopic (exact) mass is 476 g/mol. The molecule has 0 saturated carbocycles. The first kappa shape index (κ1) is 23.6. The zero-order chi connectivity index (χ0) is 24.2. The summed E-state index contributed by atoms with van der Waals surface area (Å²) in [5, 5.41) is 0. The maximum atomic E-state index is 13.9. The number of aromatic nitrogens is 1. The van der Waals surface area contributed by atoms with Crippen LogP contribution in [0.2, 0.25) is 0 Å². The third kappa shape index (κ3) is 5.76. The molecule has 3 aromatic rings. The largest absolute Gasteiger partial charge is 0.438 e. The van der Waals surface area contributed by atoms with E-state index in [-0.39, 0.29) is 23.0 Å². The Morgan fingerprint density at radius 3 is 2.40 bits per heavy atom. The van der Waals surface area contributed by atoms with Gasteiger partial charge in [0, 0.05) is 25.0 Å². The molecule has 0 N–H and O–H groups in total. The lowest BCUT2D eigenvalue weighted by molar-refractivity contribution is 0.0889. The number of Topliss-reactive ketones (excluding diaryl/α,β-unsaturated/α-hetero) is 1. The molecule has 0 aliphatic carbocycles. The van der Waals surface area contributed by atoms with Gasteiger partial charge in [0.25, 0.3) is 0 Å². The summed E-state index contributed by atoms with van der Waals surface area (Å²) >= 11 is 0. The molecule has 3 heterocycles. The van der Waals surface area contributed by atoms with Gasteiger partial charge in [-0.2, -0.15) is 0 Å². The average molecular weight is 477 g/mol. The Morgan fingerprint density at radius 1 is 0.971 bits per heavy atom. The van der Waals surface area contributed by atoms with Gasteiger partial charge in [-0.25, -0.2) is 13.8 Å². The van der Waals surface area contributed by atoms with Crippen LogP contribution >= 0.6 is 0 Å². The van der Waals surface area contributed by atoms with Crippen LogP contribution in [-0.2, 0) is 6.54 Å². The van der Waals surface area contributed by atoms with Crippen molar-refractivity contribution < 1.29 is 18.3 Å². The lowest BCUT2D eigenvalue weighted by Gasteiger charge is -2.39.